The number of rotatable bonds is 2. The van der Waals surface area contributed by atoms with E-state index in [1.807, 2.05) is 30.3 Å². The van der Waals surface area contributed by atoms with Crippen molar-refractivity contribution in [1.82, 2.24) is 9.97 Å². The second-order valence-corrected chi connectivity index (χ2v) is 6.07. The number of aromatic hydroxyl groups is 1. The number of aromatic nitrogens is 2. The molecule has 0 spiro atoms. The lowest BCUT2D eigenvalue weighted by atomic mass is 10.0. The van der Waals surface area contributed by atoms with Gasteiger partial charge in [0.2, 0.25) is 5.88 Å². The number of fused-ring (bicyclic) bond motifs is 2. The summed E-state index contributed by atoms with van der Waals surface area (Å²) in [5.74, 6) is -0.302. The second kappa shape index (κ2) is 5.99. The molecular formula is C19H13N3O2S. The van der Waals surface area contributed by atoms with Crippen LogP contribution in [0.3, 0.4) is 0 Å². The maximum Gasteiger partial charge on any atom is 0.264 e. The van der Waals surface area contributed by atoms with Gasteiger partial charge in [0.25, 0.3) is 5.56 Å². The number of aliphatic imine (C=N–C) groups is 1. The summed E-state index contributed by atoms with van der Waals surface area (Å²) in [5.41, 5.74) is 0.230. The fourth-order valence-electron chi connectivity index (χ4n) is 2.75. The Bertz CT molecular complexity index is 1250. The molecule has 0 fully saturated rings. The van der Waals surface area contributed by atoms with E-state index in [0.29, 0.717) is 5.69 Å². The summed E-state index contributed by atoms with van der Waals surface area (Å²) in [4.78, 5) is 21.1. The average molecular weight is 347 g/mol. The van der Waals surface area contributed by atoms with Gasteiger partial charge >= 0.3 is 0 Å². The predicted octanol–water partition coefficient (Wildman–Crippen LogP) is 4.20. The highest BCUT2D eigenvalue weighted by atomic mass is 32.1. The quantitative estimate of drug-likeness (QED) is 0.289. The predicted molar refractivity (Wildman–Crippen MR) is 103 cm³/mol. The van der Waals surface area contributed by atoms with E-state index in [1.165, 1.54) is 11.6 Å². The third-order valence-corrected chi connectivity index (χ3v) is 4.19. The Balaban J connectivity index is 1.78. The lowest BCUT2D eigenvalue weighted by molar-refractivity contribution is 0.449. The Morgan fingerprint density at radius 3 is 2.32 bits per heavy atom. The topological polar surface area (TPSA) is 81.2 Å². The fourth-order valence-corrected chi connectivity index (χ4v) is 2.94. The molecule has 4 aromatic rings. The zero-order chi connectivity index (χ0) is 17.4. The van der Waals surface area contributed by atoms with Crippen molar-refractivity contribution < 1.29 is 5.11 Å². The zero-order valence-corrected chi connectivity index (χ0v) is 13.8. The highest BCUT2D eigenvalue weighted by Crippen LogP contribution is 2.26. The minimum absolute atomic E-state index is 0.0345. The van der Waals surface area contributed by atoms with Crippen molar-refractivity contribution in [3.8, 4) is 5.88 Å². The first-order valence-corrected chi connectivity index (χ1v) is 8.03. The zero-order valence-electron chi connectivity index (χ0n) is 13.0. The molecule has 3 aromatic carbocycles. The van der Waals surface area contributed by atoms with Crippen molar-refractivity contribution in [2.45, 2.75) is 0 Å². The molecule has 0 bridgehead atoms. The number of aromatic amines is 2. The molecule has 0 saturated carbocycles. The van der Waals surface area contributed by atoms with Gasteiger partial charge in [-0.3, -0.25) is 14.8 Å². The lowest BCUT2D eigenvalue weighted by Crippen LogP contribution is -2.13. The van der Waals surface area contributed by atoms with Crippen LogP contribution in [0.1, 0.15) is 5.56 Å². The molecule has 3 N–H and O–H groups in total. The second-order valence-electron chi connectivity index (χ2n) is 5.66. The van der Waals surface area contributed by atoms with Crippen LogP contribution in [-0.2, 0) is 0 Å². The van der Waals surface area contributed by atoms with E-state index < -0.39 is 5.56 Å². The summed E-state index contributed by atoms with van der Waals surface area (Å²) in [6, 6.07) is 18.2. The smallest absolute Gasteiger partial charge is 0.264 e. The van der Waals surface area contributed by atoms with Crippen LogP contribution in [0.5, 0.6) is 5.88 Å². The van der Waals surface area contributed by atoms with Gasteiger partial charge in [0.15, 0.2) is 4.77 Å². The van der Waals surface area contributed by atoms with Gasteiger partial charge < -0.3 is 10.1 Å². The number of hydrogen-bond acceptors (Lipinski definition) is 4. The Morgan fingerprint density at radius 1 is 0.920 bits per heavy atom. The van der Waals surface area contributed by atoms with Crippen LogP contribution in [0, 0.1) is 4.77 Å². The maximum atomic E-state index is 11.8. The Morgan fingerprint density at radius 2 is 1.60 bits per heavy atom. The van der Waals surface area contributed by atoms with Crippen LogP contribution in [0.25, 0.3) is 21.5 Å². The van der Waals surface area contributed by atoms with Gasteiger partial charge in [0.05, 0.1) is 5.69 Å². The van der Waals surface area contributed by atoms with Gasteiger partial charge in [0.1, 0.15) is 5.56 Å². The number of benzene rings is 3. The molecule has 0 aliphatic heterocycles. The number of H-pyrrole nitrogens is 2. The minimum atomic E-state index is -0.489. The summed E-state index contributed by atoms with van der Waals surface area (Å²) in [5, 5.41) is 14.3. The highest BCUT2D eigenvalue weighted by Gasteiger charge is 2.04. The number of nitrogens with zero attached hydrogens (tertiary/aromatic N) is 1. The van der Waals surface area contributed by atoms with Gasteiger partial charge in [-0.15, -0.1) is 0 Å². The molecule has 5 nitrogen and oxygen atoms in total. The Hall–Kier alpha value is -3.25. The van der Waals surface area contributed by atoms with E-state index in [-0.39, 0.29) is 16.2 Å². The third kappa shape index (κ3) is 2.95. The summed E-state index contributed by atoms with van der Waals surface area (Å²) < 4.78 is 0.0669. The standard InChI is InChI=1S/C19H13N3O2S/c23-17-16(18(24)22-19(25)21-17)10-20-15-6-5-13-7-11-3-1-2-4-12(11)8-14(13)9-15/h1-10H,(H3,21,22,23,24,25). The van der Waals surface area contributed by atoms with E-state index in [4.69, 9.17) is 12.2 Å². The summed E-state index contributed by atoms with van der Waals surface area (Å²) in [6.07, 6.45) is 1.32. The van der Waals surface area contributed by atoms with E-state index in [2.05, 4.69) is 39.2 Å². The molecule has 1 aromatic heterocycles. The fraction of sp³-hybridized carbons (Fsp3) is 0. The van der Waals surface area contributed by atoms with Crippen molar-refractivity contribution in [3.05, 3.63) is 75.3 Å². The van der Waals surface area contributed by atoms with Crippen LogP contribution in [-0.4, -0.2) is 21.3 Å². The first-order chi connectivity index (χ1) is 12.1. The molecular weight excluding hydrogens is 334 g/mol. The SMILES string of the molecule is O=c1[nH]c(=S)[nH]c(O)c1C=Nc1ccc2cc3ccccc3cc2c1. The first-order valence-electron chi connectivity index (χ1n) is 7.62. The Kier molecular flexibility index (Phi) is 3.66. The van der Waals surface area contributed by atoms with E-state index in [9.17, 15) is 9.90 Å². The van der Waals surface area contributed by atoms with Gasteiger partial charge in [-0.1, -0.05) is 30.3 Å². The van der Waals surface area contributed by atoms with Crippen molar-refractivity contribution in [2.24, 2.45) is 4.99 Å². The molecule has 25 heavy (non-hydrogen) atoms. The maximum absolute atomic E-state index is 11.8. The van der Waals surface area contributed by atoms with Gasteiger partial charge in [0, 0.05) is 6.21 Å². The van der Waals surface area contributed by atoms with E-state index in [0.717, 1.165) is 16.2 Å². The molecule has 122 valence electrons. The molecule has 0 aliphatic carbocycles. The van der Waals surface area contributed by atoms with Crippen molar-refractivity contribution in [2.75, 3.05) is 0 Å². The average Bonchev–Trinajstić information content (AvgIpc) is 2.59. The molecule has 1 heterocycles. The monoisotopic (exact) mass is 347 g/mol. The molecule has 0 unspecified atom stereocenters. The molecule has 4 rings (SSSR count). The van der Waals surface area contributed by atoms with Crippen LogP contribution in [0.4, 0.5) is 5.69 Å². The largest absolute Gasteiger partial charge is 0.494 e. The van der Waals surface area contributed by atoms with E-state index in [1.54, 1.807) is 0 Å². The van der Waals surface area contributed by atoms with Crippen LogP contribution in [0.2, 0.25) is 0 Å². The summed E-state index contributed by atoms with van der Waals surface area (Å²) >= 11 is 4.80. The van der Waals surface area contributed by atoms with Crippen molar-refractivity contribution in [1.29, 1.82) is 0 Å². The molecule has 0 aliphatic rings. The first kappa shape index (κ1) is 15.3. The van der Waals surface area contributed by atoms with Crippen LogP contribution in [0.15, 0.2) is 64.4 Å². The Labute approximate surface area is 147 Å². The molecule has 0 saturated heterocycles. The number of hydrogen-bond donors (Lipinski definition) is 3. The van der Waals surface area contributed by atoms with Crippen LogP contribution >= 0.6 is 12.2 Å². The van der Waals surface area contributed by atoms with E-state index >= 15 is 0 Å². The number of nitrogens with one attached hydrogen (secondary N) is 2. The van der Waals surface area contributed by atoms with Crippen LogP contribution < -0.4 is 5.56 Å². The molecule has 0 amide bonds. The molecule has 6 heteroatoms. The minimum Gasteiger partial charge on any atom is -0.494 e. The van der Waals surface area contributed by atoms with Gasteiger partial charge in [-0.05, 0) is 58.0 Å². The summed E-state index contributed by atoms with van der Waals surface area (Å²) in [6.45, 7) is 0. The van der Waals surface area contributed by atoms with Gasteiger partial charge in [-0.25, -0.2) is 0 Å². The molecule has 0 radical (unpaired) electrons. The normalized spacial score (nSPS) is 11.5. The van der Waals surface area contributed by atoms with Crippen molar-refractivity contribution in [3.63, 3.8) is 0 Å². The third-order valence-electron chi connectivity index (χ3n) is 3.99. The lowest BCUT2D eigenvalue weighted by Gasteiger charge is -2.03. The highest BCUT2D eigenvalue weighted by molar-refractivity contribution is 7.71. The summed E-state index contributed by atoms with van der Waals surface area (Å²) in [7, 11) is 0. The van der Waals surface area contributed by atoms with Gasteiger partial charge in [-0.2, -0.15) is 0 Å². The van der Waals surface area contributed by atoms with Crippen molar-refractivity contribution >= 4 is 45.7 Å². The molecule has 0 atom stereocenters.